The monoisotopic (exact) mass is 417 g/mol. The minimum atomic E-state index is -4.46. The maximum atomic E-state index is 12.2. The molecule has 0 atom stereocenters. The zero-order valence-corrected chi connectivity index (χ0v) is 14.8. The van der Waals surface area contributed by atoms with Crippen LogP contribution in [0.2, 0.25) is 0 Å². The second-order valence-electron chi connectivity index (χ2n) is 5.08. The van der Waals surface area contributed by atoms with Gasteiger partial charge in [-0.15, -0.1) is 0 Å². The number of methoxy groups -OCH3 is 1. The highest BCUT2D eigenvalue weighted by atomic mass is 79.9. The van der Waals surface area contributed by atoms with Crippen molar-refractivity contribution in [3.63, 3.8) is 0 Å². The second-order valence-corrected chi connectivity index (χ2v) is 5.99. The van der Waals surface area contributed by atoms with E-state index in [4.69, 9.17) is 9.47 Å². The fourth-order valence-corrected chi connectivity index (χ4v) is 2.22. The molecule has 0 saturated heterocycles. The van der Waals surface area contributed by atoms with Crippen molar-refractivity contribution in [1.29, 1.82) is 0 Å². The number of nitrogens with one attached hydrogen (secondary N) is 1. The van der Waals surface area contributed by atoms with Gasteiger partial charge in [0.1, 0.15) is 13.2 Å². The minimum absolute atomic E-state index is 0.0529. The highest BCUT2D eigenvalue weighted by molar-refractivity contribution is 9.10. The lowest BCUT2D eigenvalue weighted by molar-refractivity contribution is -0.123. The van der Waals surface area contributed by atoms with E-state index < -0.39 is 18.6 Å². The number of amides is 1. The smallest absolute Gasteiger partial charge is 0.405 e. The number of benzene rings is 2. The van der Waals surface area contributed by atoms with Crippen LogP contribution in [-0.4, -0.2) is 25.7 Å². The molecule has 0 aliphatic heterocycles. The molecule has 0 saturated carbocycles. The van der Waals surface area contributed by atoms with Gasteiger partial charge in [0.15, 0.2) is 11.5 Å². The summed E-state index contributed by atoms with van der Waals surface area (Å²) in [5.74, 6) is -0.190. The van der Waals surface area contributed by atoms with E-state index in [2.05, 4.69) is 15.9 Å². The zero-order valence-electron chi connectivity index (χ0n) is 13.2. The van der Waals surface area contributed by atoms with Crippen LogP contribution in [0.3, 0.4) is 0 Å². The summed E-state index contributed by atoms with van der Waals surface area (Å²) >= 11 is 3.34. The Bertz CT molecular complexity index is 733. The lowest BCUT2D eigenvalue weighted by atomic mass is 10.2. The van der Waals surface area contributed by atoms with Gasteiger partial charge in [0, 0.05) is 10.0 Å². The molecule has 0 heterocycles. The van der Waals surface area contributed by atoms with E-state index in [0.717, 1.165) is 10.0 Å². The SMILES string of the molecule is COc1cc(C(=O)NCC(F)(F)F)ccc1OCc1ccc(Br)cc1. The summed E-state index contributed by atoms with van der Waals surface area (Å²) in [5.41, 5.74) is 0.981. The fraction of sp³-hybridized carbons (Fsp3) is 0.235. The van der Waals surface area contributed by atoms with Crippen molar-refractivity contribution in [2.45, 2.75) is 12.8 Å². The Labute approximate surface area is 151 Å². The molecule has 0 bridgehead atoms. The van der Waals surface area contributed by atoms with Crippen molar-refractivity contribution in [3.8, 4) is 11.5 Å². The first kappa shape index (κ1) is 19.1. The molecular weight excluding hydrogens is 403 g/mol. The summed E-state index contributed by atoms with van der Waals surface area (Å²) in [4.78, 5) is 11.8. The van der Waals surface area contributed by atoms with Crippen LogP contribution < -0.4 is 14.8 Å². The third-order valence-electron chi connectivity index (χ3n) is 3.18. The summed E-state index contributed by atoms with van der Waals surface area (Å²) in [7, 11) is 1.39. The van der Waals surface area contributed by atoms with Crippen LogP contribution in [0.4, 0.5) is 13.2 Å². The van der Waals surface area contributed by atoms with E-state index in [0.29, 0.717) is 5.75 Å². The molecular formula is C17H15BrF3NO3. The topological polar surface area (TPSA) is 47.6 Å². The molecule has 8 heteroatoms. The highest BCUT2D eigenvalue weighted by Gasteiger charge is 2.28. The van der Waals surface area contributed by atoms with Crippen LogP contribution >= 0.6 is 15.9 Å². The molecule has 0 radical (unpaired) electrons. The summed E-state index contributed by atoms with van der Waals surface area (Å²) in [5, 5.41) is 1.81. The zero-order chi connectivity index (χ0) is 18.4. The van der Waals surface area contributed by atoms with E-state index >= 15 is 0 Å². The molecule has 1 amide bonds. The largest absolute Gasteiger partial charge is 0.493 e. The molecule has 4 nitrogen and oxygen atoms in total. The van der Waals surface area contributed by atoms with Crippen molar-refractivity contribution in [2.75, 3.05) is 13.7 Å². The molecule has 0 spiro atoms. The number of carbonyl (C=O) groups is 1. The average Bonchev–Trinajstić information content (AvgIpc) is 2.58. The fourth-order valence-electron chi connectivity index (χ4n) is 1.95. The Morgan fingerprint density at radius 1 is 1.12 bits per heavy atom. The predicted octanol–water partition coefficient (Wildman–Crippen LogP) is 4.33. The van der Waals surface area contributed by atoms with E-state index in [9.17, 15) is 18.0 Å². The van der Waals surface area contributed by atoms with Crippen molar-refractivity contribution in [3.05, 3.63) is 58.1 Å². The summed E-state index contributed by atoms with van der Waals surface area (Å²) in [6.45, 7) is -1.11. The van der Waals surface area contributed by atoms with Crippen molar-refractivity contribution < 1.29 is 27.4 Å². The van der Waals surface area contributed by atoms with E-state index in [1.54, 1.807) is 0 Å². The van der Waals surface area contributed by atoms with Crippen LogP contribution in [0.5, 0.6) is 11.5 Å². The standard InChI is InChI=1S/C17H15BrF3NO3/c1-24-15-8-12(16(23)22-10-17(19,20)21)4-7-14(15)25-9-11-2-5-13(18)6-3-11/h2-8H,9-10H2,1H3,(H,22,23). The molecule has 0 aliphatic carbocycles. The van der Waals surface area contributed by atoms with Crippen molar-refractivity contribution in [1.82, 2.24) is 5.32 Å². The summed E-state index contributed by atoms with van der Waals surface area (Å²) < 4.78 is 48.2. The van der Waals surface area contributed by atoms with Gasteiger partial charge in [0.05, 0.1) is 7.11 Å². The minimum Gasteiger partial charge on any atom is -0.493 e. The molecule has 0 fully saturated rings. The van der Waals surface area contributed by atoms with Gasteiger partial charge in [0.25, 0.3) is 5.91 Å². The number of alkyl halides is 3. The molecule has 2 rings (SSSR count). The molecule has 0 aliphatic rings. The Kier molecular flexibility index (Phi) is 6.30. The van der Waals surface area contributed by atoms with Gasteiger partial charge >= 0.3 is 6.18 Å². The molecule has 0 unspecified atom stereocenters. The van der Waals surface area contributed by atoms with Crippen LogP contribution in [-0.2, 0) is 6.61 Å². The van der Waals surface area contributed by atoms with Gasteiger partial charge in [-0.3, -0.25) is 4.79 Å². The lowest BCUT2D eigenvalue weighted by Crippen LogP contribution is -2.33. The first-order chi connectivity index (χ1) is 11.8. The first-order valence-electron chi connectivity index (χ1n) is 7.19. The van der Waals surface area contributed by atoms with Gasteiger partial charge in [-0.05, 0) is 35.9 Å². The molecule has 25 heavy (non-hydrogen) atoms. The third kappa shape index (κ3) is 5.97. The molecule has 1 N–H and O–H groups in total. The lowest BCUT2D eigenvalue weighted by Gasteiger charge is -2.13. The maximum Gasteiger partial charge on any atom is 0.405 e. The van der Waals surface area contributed by atoms with Gasteiger partial charge < -0.3 is 14.8 Å². The van der Waals surface area contributed by atoms with E-state index in [1.165, 1.54) is 25.3 Å². The molecule has 0 aromatic heterocycles. The number of hydrogen-bond acceptors (Lipinski definition) is 3. The van der Waals surface area contributed by atoms with Crippen molar-refractivity contribution >= 4 is 21.8 Å². The number of carbonyl (C=O) groups excluding carboxylic acids is 1. The number of halogens is 4. The van der Waals surface area contributed by atoms with Crippen LogP contribution in [0.15, 0.2) is 46.9 Å². The first-order valence-corrected chi connectivity index (χ1v) is 7.98. The van der Waals surface area contributed by atoms with Crippen LogP contribution in [0.25, 0.3) is 0 Å². The third-order valence-corrected chi connectivity index (χ3v) is 3.71. The second kappa shape index (κ2) is 8.24. The van der Waals surface area contributed by atoms with Gasteiger partial charge in [-0.1, -0.05) is 28.1 Å². The van der Waals surface area contributed by atoms with Crippen molar-refractivity contribution in [2.24, 2.45) is 0 Å². The highest BCUT2D eigenvalue weighted by Crippen LogP contribution is 2.29. The summed E-state index contributed by atoms with van der Waals surface area (Å²) in [6.07, 6.45) is -4.46. The van der Waals surface area contributed by atoms with Crippen LogP contribution in [0, 0.1) is 0 Å². The van der Waals surface area contributed by atoms with Gasteiger partial charge in [-0.2, -0.15) is 13.2 Å². The van der Waals surface area contributed by atoms with E-state index in [-0.39, 0.29) is 17.9 Å². The number of rotatable bonds is 6. The number of hydrogen-bond donors (Lipinski definition) is 1. The Morgan fingerprint density at radius 3 is 2.40 bits per heavy atom. The van der Waals surface area contributed by atoms with E-state index in [1.807, 2.05) is 29.6 Å². The average molecular weight is 418 g/mol. The molecule has 134 valence electrons. The normalized spacial score (nSPS) is 11.1. The van der Waals surface area contributed by atoms with Gasteiger partial charge in [-0.25, -0.2) is 0 Å². The molecule has 2 aromatic rings. The Hall–Kier alpha value is -2.22. The predicted molar refractivity (Wildman–Crippen MR) is 89.9 cm³/mol. The van der Waals surface area contributed by atoms with Gasteiger partial charge in [0.2, 0.25) is 0 Å². The number of ether oxygens (including phenoxy) is 2. The quantitative estimate of drug-likeness (QED) is 0.760. The molecule has 2 aromatic carbocycles. The maximum absolute atomic E-state index is 12.2. The summed E-state index contributed by atoms with van der Waals surface area (Å²) in [6, 6.07) is 11.7. The Balaban J connectivity index is 2.05. The van der Waals surface area contributed by atoms with Crippen LogP contribution in [0.1, 0.15) is 15.9 Å². The Morgan fingerprint density at radius 2 is 1.80 bits per heavy atom.